The van der Waals surface area contributed by atoms with Crippen molar-refractivity contribution in [2.75, 3.05) is 11.4 Å². The summed E-state index contributed by atoms with van der Waals surface area (Å²) in [6.07, 6.45) is 6.00. The maximum Gasteiger partial charge on any atom is 0.260 e. The number of carbonyl (C=O) groups is 2. The van der Waals surface area contributed by atoms with Crippen LogP contribution in [0.2, 0.25) is 0 Å². The molecule has 0 saturated heterocycles. The van der Waals surface area contributed by atoms with E-state index in [0.29, 0.717) is 46.0 Å². The smallest absolute Gasteiger partial charge is 0.260 e. The van der Waals surface area contributed by atoms with E-state index in [2.05, 4.69) is 9.97 Å². The van der Waals surface area contributed by atoms with Crippen molar-refractivity contribution in [2.45, 2.75) is 19.9 Å². The fourth-order valence-corrected chi connectivity index (χ4v) is 4.13. The molecule has 8 heteroatoms. The molecule has 0 atom stereocenters. The van der Waals surface area contributed by atoms with Crippen molar-refractivity contribution in [1.29, 1.82) is 0 Å². The number of anilines is 1. The lowest BCUT2D eigenvalue weighted by Gasteiger charge is -2.20. The second-order valence-electron chi connectivity index (χ2n) is 6.85. The van der Waals surface area contributed by atoms with Crippen LogP contribution in [0.5, 0.6) is 0 Å². The molecule has 0 aliphatic heterocycles. The minimum atomic E-state index is -0.337. The number of hydrogen-bond acceptors (Lipinski definition) is 5. The van der Waals surface area contributed by atoms with E-state index < -0.39 is 0 Å². The molecule has 4 aromatic rings. The lowest BCUT2D eigenvalue weighted by Crippen LogP contribution is -2.32. The Kier molecular flexibility index (Phi) is 5.67. The van der Waals surface area contributed by atoms with E-state index >= 15 is 0 Å². The molecule has 0 saturated carbocycles. The highest BCUT2D eigenvalue weighted by Crippen LogP contribution is 2.30. The third-order valence-electron chi connectivity index (χ3n) is 4.71. The van der Waals surface area contributed by atoms with Crippen molar-refractivity contribution in [3.05, 3.63) is 78.1 Å². The van der Waals surface area contributed by atoms with Gasteiger partial charge in [0.05, 0.1) is 16.5 Å². The van der Waals surface area contributed by atoms with Crippen LogP contribution in [-0.2, 0) is 6.54 Å². The Bertz CT molecular complexity index is 1190. The summed E-state index contributed by atoms with van der Waals surface area (Å²) in [6, 6.07) is 11.0. The van der Waals surface area contributed by atoms with Crippen molar-refractivity contribution in [1.82, 2.24) is 14.5 Å². The first-order valence-corrected chi connectivity index (χ1v) is 10.3. The number of halogens is 1. The van der Waals surface area contributed by atoms with Gasteiger partial charge in [0.15, 0.2) is 10.9 Å². The van der Waals surface area contributed by atoms with Crippen LogP contribution in [0.25, 0.3) is 10.2 Å². The number of aryl methyl sites for hydroxylation is 1. The van der Waals surface area contributed by atoms with Gasteiger partial charge in [-0.25, -0.2) is 14.4 Å². The average Bonchev–Trinajstić information content (AvgIpc) is 3.40. The van der Waals surface area contributed by atoms with Crippen LogP contribution >= 0.6 is 11.3 Å². The fraction of sp³-hybridized carbons (Fsp3) is 0.182. The Balaban J connectivity index is 1.62. The molecular weight excluding hydrogens is 403 g/mol. The van der Waals surface area contributed by atoms with Crippen LogP contribution in [0.1, 0.15) is 34.1 Å². The van der Waals surface area contributed by atoms with Crippen LogP contribution in [-0.4, -0.2) is 32.8 Å². The summed E-state index contributed by atoms with van der Waals surface area (Å²) < 4.78 is 16.2. The molecular formula is C22H19FN4O2S. The lowest BCUT2D eigenvalue weighted by atomic mass is 10.1. The van der Waals surface area contributed by atoms with E-state index in [9.17, 15) is 14.0 Å². The van der Waals surface area contributed by atoms with Crippen molar-refractivity contribution >= 4 is 38.4 Å². The second-order valence-corrected chi connectivity index (χ2v) is 7.86. The number of Topliss-reactive ketones (excluding diaryl/α,β-unsaturated/α-hetero) is 1. The van der Waals surface area contributed by atoms with Gasteiger partial charge >= 0.3 is 0 Å². The number of fused-ring (bicyclic) bond motifs is 1. The molecule has 2 aromatic carbocycles. The predicted molar refractivity (Wildman–Crippen MR) is 115 cm³/mol. The summed E-state index contributed by atoms with van der Waals surface area (Å²) in [4.78, 5) is 35.0. The number of benzene rings is 2. The quantitative estimate of drug-likeness (QED) is 0.409. The van der Waals surface area contributed by atoms with E-state index in [-0.39, 0.29) is 17.5 Å². The minimum Gasteiger partial charge on any atom is -0.337 e. The van der Waals surface area contributed by atoms with Crippen molar-refractivity contribution in [2.24, 2.45) is 0 Å². The van der Waals surface area contributed by atoms with Gasteiger partial charge in [0, 0.05) is 36.6 Å². The summed E-state index contributed by atoms with van der Waals surface area (Å²) >= 11 is 1.28. The number of nitrogens with zero attached hydrogens (tertiary/aromatic N) is 4. The summed E-state index contributed by atoms with van der Waals surface area (Å²) in [5, 5.41) is 0.516. The second kappa shape index (κ2) is 8.54. The van der Waals surface area contributed by atoms with Gasteiger partial charge < -0.3 is 4.57 Å². The number of ketones is 1. The minimum absolute atomic E-state index is 0.0561. The molecule has 2 heterocycles. The van der Waals surface area contributed by atoms with Crippen molar-refractivity contribution < 1.29 is 14.0 Å². The zero-order valence-corrected chi connectivity index (χ0v) is 17.1. The molecule has 2 aromatic heterocycles. The van der Waals surface area contributed by atoms with Gasteiger partial charge in [0.1, 0.15) is 5.82 Å². The Morgan fingerprint density at radius 2 is 1.90 bits per heavy atom. The number of rotatable bonds is 7. The number of imidazole rings is 1. The normalized spacial score (nSPS) is 11.0. The van der Waals surface area contributed by atoms with Gasteiger partial charge in [0.25, 0.3) is 5.91 Å². The van der Waals surface area contributed by atoms with Gasteiger partial charge in [-0.2, -0.15) is 0 Å². The van der Waals surface area contributed by atoms with E-state index in [1.807, 2.05) is 10.8 Å². The zero-order valence-electron chi connectivity index (χ0n) is 16.3. The van der Waals surface area contributed by atoms with Gasteiger partial charge in [-0.15, -0.1) is 0 Å². The monoisotopic (exact) mass is 422 g/mol. The molecule has 0 fully saturated rings. The highest BCUT2D eigenvalue weighted by atomic mass is 32.1. The largest absolute Gasteiger partial charge is 0.337 e. The molecule has 30 heavy (non-hydrogen) atoms. The Morgan fingerprint density at radius 3 is 2.60 bits per heavy atom. The molecule has 0 N–H and O–H groups in total. The molecule has 0 spiro atoms. The van der Waals surface area contributed by atoms with Gasteiger partial charge in [-0.05, 0) is 43.7 Å². The Hall–Kier alpha value is -3.39. The topological polar surface area (TPSA) is 68.1 Å². The average molecular weight is 422 g/mol. The van der Waals surface area contributed by atoms with E-state index in [0.717, 1.165) is 0 Å². The highest BCUT2D eigenvalue weighted by Gasteiger charge is 2.21. The van der Waals surface area contributed by atoms with Crippen LogP contribution in [0.3, 0.4) is 0 Å². The number of carbonyl (C=O) groups excluding carboxylic acids is 2. The highest BCUT2D eigenvalue weighted by molar-refractivity contribution is 7.22. The Labute approximate surface area is 176 Å². The number of aromatic nitrogens is 3. The van der Waals surface area contributed by atoms with Crippen LogP contribution in [0.4, 0.5) is 9.52 Å². The SMILES string of the molecule is CC(=O)c1ccc(C(=O)N(CCCn2ccnc2)c2nc3ccc(F)cc3s2)cc1. The predicted octanol–water partition coefficient (Wildman–Crippen LogP) is 4.57. The number of amides is 1. The first-order valence-electron chi connectivity index (χ1n) is 9.46. The maximum atomic E-state index is 13.6. The Morgan fingerprint density at radius 1 is 1.13 bits per heavy atom. The van der Waals surface area contributed by atoms with E-state index in [1.54, 1.807) is 47.8 Å². The first kappa shape index (κ1) is 19.9. The van der Waals surface area contributed by atoms with E-state index in [4.69, 9.17) is 0 Å². The summed E-state index contributed by atoms with van der Waals surface area (Å²) in [7, 11) is 0. The molecule has 0 aliphatic carbocycles. The summed E-state index contributed by atoms with van der Waals surface area (Å²) in [6.45, 7) is 2.62. The molecule has 6 nitrogen and oxygen atoms in total. The van der Waals surface area contributed by atoms with Crippen LogP contribution < -0.4 is 4.90 Å². The van der Waals surface area contributed by atoms with Gasteiger partial charge in [-0.3, -0.25) is 14.5 Å². The van der Waals surface area contributed by atoms with Crippen LogP contribution in [0, 0.1) is 5.82 Å². The molecule has 1 amide bonds. The molecule has 152 valence electrons. The first-order chi connectivity index (χ1) is 14.5. The standard InChI is InChI=1S/C22H19FN4O2S/c1-15(28)16-3-5-17(6-4-16)21(29)27(11-2-10-26-12-9-24-14-26)22-25-19-8-7-18(23)13-20(19)30-22/h3-9,12-14H,2,10-11H2,1H3. The summed E-state index contributed by atoms with van der Waals surface area (Å²) in [5.41, 5.74) is 1.66. The maximum absolute atomic E-state index is 13.6. The van der Waals surface area contributed by atoms with Crippen molar-refractivity contribution in [3.8, 4) is 0 Å². The van der Waals surface area contributed by atoms with Crippen LogP contribution in [0.15, 0.2) is 61.2 Å². The third-order valence-corrected chi connectivity index (χ3v) is 5.75. The number of thiazole rings is 1. The molecule has 0 radical (unpaired) electrons. The fourth-order valence-electron chi connectivity index (χ4n) is 3.12. The van der Waals surface area contributed by atoms with Crippen molar-refractivity contribution in [3.63, 3.8) is 0 Å². The summed E-state index contributed by atoms with van der Waals surface area (Å²) in [5.74, 6) is -0.606. The lowest BCUT2D eigenvalue weighted by molar-refractivity contribution is 0.0982. The van der Waals surface area contributed by atoms with E-state index in [1.165, 1.54) is 30.4 Å². The molecule has 4 rings (SSSR count). The zero-order chi connectivity index (χ0) is 21.1. The number of hydrogen-bond donors (Lipinski definition) is 0. The van der Waals surface area contributed by atoms with Gasteiger partial charge in [0.2, 0.25) is 0 Å². The van der Waals surface area contributed by atoms with Gasteiger partial charge in [-0.1, -0.05) is 23.5 Å². The third kappa shape index (κ3) is 4.28. The molecule has 0 bridgehead atoms. The molecule has 0 aliphatic rings. The molecule has 0 unspecified atom stereocenters.